The van der Waals surface area contributed by atoms with Crippen LogP contribution in [-0.2, 0) is 6.61 Å². The molecule has 0 aromatic heterocycles. The summed E-state index contributed by atoms with van der Waals surface area (Å²) in [5.74, 6) is -0.00970. The van der Waals surface area contributed by atoms with Crippen LogP contribution in [0, 0.1) is 0 Å². The van der Waals surface area contributed by atoms with Crippen LogP contribution < -0.4 is 10.1 Å². The maximum atomic E-state index is 12.8. The molecule has 4 aromatic rings. The van der Waals surface area contributed by atoms with Crippen molar-refractivity contribution in [2.24, 2.45) is 0 Å². The average molecular weight is 492 g/mol. The molecular formula is C32H29NO4. The molecule has 0 saturated heterocycles. The lowest BCUT2D eigenvalue weighted by atomic mass is 9.88. The zero-order chi connectivity index (χ0) is 25.6. The number of ether oxygens (including phenoxy) is 1. The highest BCUT2D eigenvalue weighted by Crippen LogP contribution is 2.40. The number of hydrogen-bond acceptors (Lipinski definition) is 3. The van der Waals surface area contributed by atoms with E-state index in [0.717, 1.165) is 35.1 Å². The Morgan fingerprint density at radius 1 is 0.811 bits per heavy atom. The van der Waals surface area contributed by atoms with Gasteiger partial charge in [0.25, 0.3) is 5.91 Å². The number of anilines is 1. The highest BCUT2D eigenvalue weighted by molar-refractivity contribution is 6.04. The molecule has 0 spiro atoms. The molecule has 0 radical (unpaired) electrons. The third kappa shape index (κ3) is 5.89. The third-order valence-electron chi connectivity index (χ3n) is 6.91. The van der Waals surface area contributed by atoms with Crippen molar-refractivity contribution >= 4 is 17.6 Å². The van der Waals surface area contributed by atoms with Gasteiger partial charge >= 0.3 is 5.97 Å². The molecule has 1 amide bonds. The summed E-state index contributed by atoms with van der Waals surface area (Å²) >= 11 is 0. The standard InChI is InChI=1S/C32H29NO4/c34-31(25-12-17-28(18-13-25)37-21-22-6-2-1-3-7-22)33-27-15-10-24(11-16-27)29-19-14-26(32(35)36)20-30(29)23-8-4-5-9-23/h1-3,6-7,10-20,23H,4-5,8-9,21H2,(H,33,34)(H,35,36). The van der Waals surface area contributed by atoms with Gasteiger partial charge in [-0.1, -0.05) is 61.4 Å². The van der Waals surface area contributed by atoms with Gasteiger partial charge in [0.1, 0.15) is 12.4 Å². The maximum absolute atomic E-state index is 12.8. The lowest BCUT2D eigenvalue weighted by Crippen LogP contribution is -2.11. The first-order chi connectivity index (χ1) is 18.1. The van der Waals surface area contributed by atoms with Gasteiger partial charge in [0.05, 0.1) is 5.56 Å². The molecule has 1 saturated carbocycles. The fourth-order valence-corrected chi connectivity index (χ4v) is 4.91. The molecule has 0 bridgehead atoms. The number of nitrogens with one attached hydrogen (secondary N) is 1. The van der Waals surface area contributed by atoms with E-state index < -0.39 is 5.97 Å². The molecule has 0 heterocycles. The van der Waals surface area contributed by atoms with E-state index in [4.69, 9.17) is 4.74 Å². The van der Waals surface area contributed by atoms with Gasteiger partial charge < -0.3 is 15.2 Å². The molecule has 0 atom stereocenters. The van der Waals surface area contributed by atoms with Crippen molar-refractivity contribution in [3.05, 3.63) is 119 Å². The van der Waals surface area contributed by atoms with Gasteiger partial charge in [-0.05, 0) is 89.5 Å². The zero-order valence-corrected chi connectivity index (χ0v) is 20.5. The monoisotopic (exact) mass is 491 g/mol. The Bertz CT molecular complexity index is 1370. The second-order valence-corrected chi connectivity index (χ2v) is 9.42. The maximum Gasteiger partial charge on any atom is 0.335 e. The highest BCUT2D eigenvalue weighted by atomic mass is 16.5. The van der Waals surface area contributed by atoms with Crippen LogP contribution in [0.1, 0.15) is 63.4 Å². The Labute approximate surface area is 216 Å². The van der Waals surface area contributed by atoms with Gasteiger partial charge in [0.15, 0.2) is 0 Å². The lowest BCUT2D eigenvalue weighted by molar-refractivity contribution is 0.0696. The molecule has 1 aliphatic carbocycles. The second-order valence-electron chi connectivity index (χ2n) is 9.42. The lowest BCUT2D eigenvalue weighted by Gasteiger charge is -2.17. The van der Waals surface area contributed by atoms with Crippen LogP contribution in [0.2, 0.25) is 0 Å². The summed E-state index contributed by atoms with van der Waals surface area (Å²) in [6, 6.07) is 30.2. The number of amides is 1. The summed E-state index contributed by atoms with van der Waals surface area (Å²) in [7, 11) is 0. The van der Waals surface area contributed by atoms with E-state index in [9.17, 15) is 14.7 Å². The second kappa shape index (κ2) is 11.1. The molecule has 1 fully saturated rings. The third-order valence-corrected chi connectivity index (χ3v) is 6.91. The minimum Gasteiger partial charge on any atom is -0.489 e. The Morgan fingerprint density at radius 2 is 1.49 bits per heavy atom. The fraction of sp³-hybridized carbons (Fsp3) is 0.188. The molecule has 37 heavy (non-hydrogen) atoms. The zero-order valence-electron chi connectivity index (χ0n) is 20.5. The normalized spacial score (nSPS) is 13.3. The van der Waals surface area contributed by atoms with Crippen molar-refractivity contribution in [3.63, 3.8) is 0 Å². The minimum atomic E-state index is -0.903. The molecule has 2 N–H and O–H groups in total. The smallest absolute Gasteiger partial charge is 0.335 e. The van der Waals surface area contributed by atoms with Crippen LogP contribution in [0.15, 0.2) is 97.1 Å². The fourth-order valence-electron chi connectivity index (χ4n) is 4.91. The van der Waals surface area contributed by atoms with Gasteiger partial charge in [-0.2, -0.15) is 0 Å². The summed E-state index contributed by atoms with van der Waals surface area (Å²) < 4.78 is 5.80. The van der Waals surface area contributed by atoms with Crippen LogP contribution in [0.3, 0.4) is 0 Å². The van der Waals surface area contributed by atoms with E-state index in [1.165, 1.54) is 12.8 Å². The van der Waals surface area contributed by atoms with Crippen molar-refractivity contribution in [2.75, 3.05) is 5.32 Å². The van der Waals surface area contributed by atoms with Crippen molar-refractivity contribution in [3.8, 4) is 16.9 Å². The summed E-state index contributed by atoms with van der Waals surface area (Å²) in [5, 5.41) is 12.4. The van der Waals surface area contributed by atoms with Gasteiger partial charge in [-0.25, -0.2) is 4.79 Å². The summed E-state index contributed by atoms with van der Waals surface area (Å²) in [5.41, 5.74) is 5.82. The van der Waals surface area contributed by atoms with E-state index in [1.54, 1.807) is 30.3 Å². The first kappa shape index (κ1) is 24.3. The first-order valence-corrected chi connectivity index (χ1v) is 12.6. The largest absolute Gasteiger partial charge is 0.489 e. The van der Waals surface area contributed by atoms with Crippen LogP contribution in [0.5, 0.6) is 5.75 Å². The summed E-state index contributed by atoms with van der Waals surface area (Å²) in [4.78, 5) is 24.3. The predicted molar refractivity (Wildman–Crippen MR) is 145 cm³/mol. The van der Waals surface area contributed by atoms with Crippen molar-refractivity contribution in [1.82, 2.24) is 0 Å². The van der Waals surface area contributed by atoms with Crippen LogP contribution in [-0.4, -0.2) is 17.0 Å². The van der Waals surface area contributed by atoms with Crippen LogP contribution in [0.25, 0.3) is 11.1 Å². The number of aromatic carboxylic acids is 1. The first-order valence-electron chi connectivity index (χ1n) is 12.6. The number of carbonyl (C=O) groups excluding carboxylic acids is 1. The predicted octanol–water partition coefficient (Wildman–Crippen LogP) is 7.54. The molecule has 5 heteroatoms. The van der Waals surface area contributed by atoms with Crippen molar-refractivity contribution in [2.45, 2.75) is 38.2 Å². The van der Waals surface area contributed by atoms with Gasteiger partial charge in [-0.15, -0.1) is 0 Å². The molecule has 5 rings (SSSR count). The average Bonchev–Trinajstić information content (AvgIpc) is 3.48. The Morgan fingerprint density at radius 3 is 2.16 bits per heavy atom. The number of benzene rings is 4. The van der Waals surface area contributed by atoms with Gasteiger partial charge in [0.2, 0.25) is 0 Å². The number of carboxylic acid groups (broad SMARTS) is 1. The molecule has 0 unspecified atom stereocenters. The van der Waals surface area contributed by atoms with E-state index in [-0.39, 0.29) is 5.91 Å². The van der Waals surface area contributed by atoms with Gasteiger partial charge in [-0.3, -0.25) is 4.79 Å². The van der Waals surface area contributed by atoms with Crippen LogP contribution in [0.4, 0.5) is 5.69 Å². The number of rotatable bonds is 8. The Balaban J connectivity index is 1.25. The summed E-state index contributed by atoms with van der Waals surface area (Å²) in [6.07, 6.45) is 4.51. The quantitative estimate of drug-likeness (QED) is 0.267. The molecule has 4 aromatic carbocycles. The Hall–Kier alpha value is -4.38. The number of carboxylic acids is 1. The topological polar surface area (TPSA) is 75.6 Å². The summed E-state index contributed by atoms with van der Waals surface area (Å²) in [6.45, 7) is 0.472. The molecule has 0 aliphatic heterocycles. The van der Waals surface area contributed by atoms with Crippen molar-refractivity contribution < 1.29 is 19.4 Å². The van der Waals surface area contributed by atoms with Crippen molar-refractivity contribution in [1.29, 1.82) is 0 Å². The number of hydrogen-bond donors (Lipinski definition) is 2. The molecule has 5 nitrogen and oxygen atoms in total. The molecule has 1 aliphatic rings. The highest BCUT2D eigenvalue weighted by Gasteiger charge is 2.22. The Kier molecular flexibility index (Phi) is 7.31. The van der Waals surface area contributed by atoms with Gasteiger partial charge in [0, 0.05) is 11.3 Å². The SMILES string of the molecule is O=C(O)c1ccc(-c2ccc(NC(=O)c3ccc(OCc4ccccc4)cc3)cc2)c(C2CCCC2)c1. The van der Waals surface area contributed by atoms with E-state index >= 15 is 0 Å². The minimum absolute atomic E-state index is 0.195. The van der Waals surface area contributed by atoms with Crippen LogP contribution >= 0.6 is 0 Å². The molecular weight excluding hydrogens is 462 g/mol. The molecule has 186 valence electrons. The van der Waals surface area contributed by atoms with E-state index in [0.29, 0.717) is 35.1 Å². The van der Waals surface area contributed by atoms with E-state index in [1.807, 2.05) is 66.7 Å². The van der Waals surface area contributed by atoms with E-state index in [2.05, 4.69) is 5.32 Å². The number of carbonyl (C=O) groups is 2.